The van der Waals surface area contributed by atoms with Crippen molar-refractivity contribution in [2.24, 2.45) is 0 Å². The zero-order valence-electron chi connectivity index (χ0n) is 5.77. The van der Waals surface area contributed by atoms with Crippen molar-refractivity contribution in [2.75, 3.05) is 5.73 Å². The van der Waals surface area contributed by atoms with Crippen LogP contribution in [0.1, 0.15) is 12.0 Å². The molecule has 0 aromatic carbocycles. The Morgan fingerprint density at radius 1 is 1.58 bits per heavy atom. The Kier molecular flexibility index (Phi) is 2.32. The first kappa shape index (κ1) is 8.99. The van der Waals surface area contributed by atoms with Crippen molar-refractivity contribution < 1.29 is 8.78 Å². The standard InChI is InChI=1S/C6H5ClF2N2O/c7-3-4(10)2(5(8)9)1-11-6(3)12/h1,5H,(H3,10,11,12). The summed E-state index contributed by atoms with van der Waals surface area (Å²) in [5.74, 6) is 0. The molecule has 6 heteroatoms. The number of nitrogens with one attached hydrogen (secondary N) is 1. The van der Waals surface area contributed by atoms with Gasteiger partial charge in [-0.2, -0.15) is 0 Å². The van der Waals surface area contributed by atoms with Gasteiger partial charge in [0, 0.05) is 6.20 Å². The molecule has 3 N–H and O–H groups in total. The molecule has 0 spiro atoms. The molecule has 0 saturated carbocycles. The molecule has 1 rings (SSSR count). The Morgan fingerprint density at radius 2 is 2.17 bits per heavy atom. The van der Waals surface area contributed by atoms with E-state index in [-0.39, 0.29) is 5.69 Å². The minimum absolute atomic E-state index is 0.365. The maximum atomic E-state index is 12.1. The highest BCUT2D eigenvalue weighted by Gasteiger charge is 2.14. The second-order valence-corrected chi connectivity index (χ2v) is 2.48. The van der Waals surface area contributed by atoms with Crippen LogP contribution in [0.4, 0.5) is 14.5 Å². The third-order valence-electron chi connectivity index (χ3n) is 1.34. The van der Waals surface area contributed by atoms with Gasteiger partial charge in [0.15, 0.2) is 0 Å². The predicted molar refractivity (Wildman–Crippen MR) is 41.4 cm³/mol. The minimum atomic E-state index is -2.74. The Morgan fingerprint density at radius 3 is 2.67 bits per heavy atom. The summed E-state index contributed by atoms with van der Waals surface area (Å²) in [5, 5.41) is -0.396. The monoisotopic (exact) mass is 194 g/mol. The van der Waals surface area contributed by atoms with Gasteiger partial charge in [-0.3, -0.25) is 4.79 Å². The average molecular weight is 195 g/mol. The lowest BCUT2D eigenvalue weighted by Gasteiger charge is -2.03. The maximum absolute atomic E-state index is 12.1. The molecule has 0 radical (unpaired) electrons. The van der Waals surface area contributed by atoms with Gasteiger partial charge in [0.2, 0.25) is 0 Å². The molecule has 1 aromatic heterocycles. The van der Waals surface area contributed by atoms with Gasteiger partial charge in [-0.25, -0.2) is 8.78 Å². The molecule has 0 aliphatic carbocycles. The van der Waals surface area contributed by atoms with Crippen LogP contribution >= 0.6 is 11.6 Å². The van der Waals surface area contributed by atoms with E-state index in [1.165, 1.54) is 0 Å². The number of pyridine rings is 1. The quantitative estimate of drug-likeness (QED) is 0.713. The third kappa shape index (κ3) is 1.40. The molecule has 0 bridgehead atoms. The lowest BCUT2D eigenvalue weighted by atomic mass is 10.2. The first-order chi connectivity index (χ1) is 5.54. The Bertz CT molecular complexity index is 350. The highest BCUT2D eigenvalue weighted by molar-refractivity contribution is 6.33. The van der Waals surface area contributed by atoms with Crippen LogP contribution in [-0.4, -0.2) is 4.98 Å². The van der Waals surface area contributed by atoms with Crippen LogP contribution in [0.25, 0.3) is 0 Å². The number of anilines is 1. The molecule has 0 aliphatic rings. The van der Waals surface area contributed by atoms with Gasteiger partial charge >= 0.3 is 0 Å². The molecule has 1 aromatic rings. The fraction of sp³-hybridized carbons (Fsp3) is 0.167. The lowest BCUT2D eigenvalue weighted by Crippen LogP contribution is -2.11. The second kappa shape index (κ2) is 3.10. The number of nitrogens with two attached hydrogens (primary N) is 1. The van der Waals surface area contributed by atoms with E-state index >= 15 is 0 Å². The molecule has 0 aliphatic heterocycles. The van der Waals surface area contributed by atoms with Crippen molar-refractivity contribution in [1.29, 1.82) is 0 Å². The number of nitrogen functional groups attached to an aromatic ring is 1. The van der Waals surface area contributed by atoms with Gasteiger partial charge in [0.25, 0.3) is 12.0 Å². The van der Waals surface area contributed by atoms with E-state index in [9.17, 15) is 13.6 Å². The van der Waals surface area contributed by atoms with Crippen LogP contribution in [0.15, 0.2) is 11.0 Å². The molecule has 3 nitrogen and oxygen atoms in total. The van der Waals surface area contributed by atoms with Crippen molar-refractivity contribution >= 4 is 17.3 Å². The number of alkyl halides is 2. The van der Waals surface area contributed by atoms with Crippen molar-refractivity contribution in [3.05, 3.63) is 27.1 Å². The van der Waals surface area contributed by atoms with Gasteiger partial charge in [-0.1, -0.05) is 11.6 Å². The molecule has 12 heavy (non-hydrogen) atoms. The Hall–Kier alpha value is -1.10. The largest absolute Gasteiger partial charge is 0.397 e. The maximum Gasteiger partial charge on any atom is 0.268 e. The van der Waals surface area contributed by atoms with E-state index in [2.05, 4.69) is 0 Å². The number of hydrogen-bond donors (Lipinski definition) is 2. The molecule has 0 unspecified atom stereocenters. The second-order valence-electron chi connectivity index (χ2n) is 2.10. The smallest absolute Gasteiger partial charge is 0.268 e. The summed E-state index contributed by atoms with van der Waals surface area (Å²) in [4.78, 5) is 12.7. The van der Waals surface area contributed by atoms with Gasteiger partial charge in [0.05, 0.1) is 11.3 Å². The lowest BCUT2D eigenvalue weighted by molar-refractivity contribution is 0.152. The fourth-order valence-corrected chi connectivity index (χ4v) is 0.878. The van der Waals surface area contributed by atoms with Crippen LogP contribution < -0.4 is 11.3 Å². The molecular formula is C6H5ClF2N2O. The highest BCUT2D eigenvalue weighted by Crippen LogP contribution is 2.26. The topological polar surface area (TPSA) is 58.9 Å². The van der Waals surface area contributed by atoms with Crippen LogP contribution in [-0.2, 0) is 0 Å². The van der Waals surface area contributed by atoms with Crippen molar-refractivity contribution in [1.82, 2.24) is 4.98 Å². The number of halogens is 3. The summed E-state index contributed by atoms with van der Waals surface area (Å²) >= 11 is 5.32. The SMILES string of the molecule is Nc1c(C(F)F)c[nH]c(=O)c1Cl. The van der Waals surface area contributed by atoms with Crippen molar-refractivity contribution in [3.8, 4) is 0 Å². The van der Waals surface area contributed by atoms with Crippen LogP contribution in [0.3, 0.4) is 0 Å². The highest BCUT2D eigenvalue weighted by atomic mass is 35.5. The summed E-state index contributed by atoms with van der Waals surface area (Å²) in [6.45, 7) is 0. The van der Waals surface area contributed by atoms with Gasteiger partial charge in [0.1, 0.15) is 5.02 Å². The molecule has 0 saturated heterocycles. The zero-order valence-corrected chi connectivity index (χ0v) is 6.53. The third-order valence-corrected chi connectivity index (χ3v) is 1.72. The van der Waals surface area contributed by atoms with E-state index in [0.29, 0.717) is 0 Å². The van der Waals surface area contributed by atoms with Crippen molar-refractivity contribution in [3.63, 3.8) is 0 Å². The first-order valence-electron chi connectivity index (χ1n) is 2.98. The number of aromatic amines is 1. The number of rotatable bonds is 1. The first-order valence-corrected chi connectivity index (χ1v) is 3.36. The zero-order chi connectivity index (χ0) is 9.30. The molecule has 0 amide bonds. The molecular weight excluding hydrogens is 190 g/mol. The summed E-state index contributed by atoms with van der Waals surface area (Å²) in [5.41, 5.74) is 3.66. The normalized spacial score (nSPS) is 10.7. The molecule has 1 heterocycles. The number of H-pyrrole nitrogens is 1. The van der Waals surface area contributed by atoms with E-state index in [4.69, 9.17) is 17.3 Å². The Balaban J connectivity index is 3.36. The Labute approximate surface area is 71.2 Å². The van der Waals surface area contributed by atoms with E-state index in [1.807, 2.05) is 4.98 Å². The number of aromatic nitrogens is 1. The van der Waals surface area contributed by atoms with Gasteiger partial charge < -0.3 is 10.7 Å². The average Bonchev–Trinajstić information content (AvgIpc) is 2.00. The van der Waals surface area contributed by atoms with Crippen molar-refractivity contribution in [2.45, 2.75) is 6.43 Å². The van der Waals surface area contributed by atoms with E-state index < -0.39 is 22.6 Å². The van der Waals surface area contributed by atoms with Gasteiger partial charge in [-0.15, -0.1) is 0 Å². The molecule has 66 valence electrons. The number of hydrogen-bond acceptors (Lipinski definition) is 2. The summed E-state index contributed by atoms with van der Waals surface area (Å²) in [6, 6.07) is 0. The summed E-state index contributed by atoms with van der Waals surface area (Å²) in [6.07, 6.45) is -1.88. The van der Waals surface area contributed by atoms with Gasteiger partial charge in [-0.05, 0) is 0 Å². The van der Waals surface area contributed by atoms with E-state index in [1.54, 1.807) is 0 Å². The van der Waals surface area contributed by atoms with Crippen LogP contribution in [0.5, 0.6) is 0 Å². The summed E-state index contributed by atoms with van der Waals surface area (Å²) < 4.78 is 24.2. The molecule has 0 fully saturated rings. The van der Waals surface area contributed by atoms with Crippen LogP contribution in [0.2, 0.25) is 5.02 Å². The minimum Gasteiger partial charge on any atom is -0.397 e. The molecule has 0 atom stereocenters. The fourth-order valence-electron chi connectivity index (χ4n) is 0.714. The predicted octanol–water partition coefficient (Wildman–Crippen LogP) is 1.55. The van der Waals surface area contributed by atoms with E-state index in [0.717, 1.165) is 6.20 Å². The van der Waals surface area contributed by atoms with Crippen LogP contribution in [0, 0.1) is 0 Å². The summed E-state index contributed by atoms with van der Waals surface area (Å²) in [7, 11) is 0.